The molecule has 5 heteroatoms. The number of nitrogens with one attached hydrogen (secondary N) is 1. The van der Waals surface area contributed by atoms with E-state index in [1.807, 2.05) is 36.4 Å². The number of hydrogen-bond acceptors (Lipinski definition) is 3. The first-order chi connectivity index (χ1) is 9.74. The van der Waals surface area contributed by atoms with Crippen LogP contribution in [0, 0.1) is 0 Å². The van der Waals surface area contributed by atoms with Crippen molar-refractivity contribution in [3.8, 4) is 5.75 Å². The first-order valence-corrected chi connectivity index (χ1v) is 6.80. The predicted octanol–water partition coefficient (Wildman–Crippen LogP) is 3.31. The molecule has 20 heavy (non-hydrogen) atoms. The Morgan fingerprint density at radius 1 is 1.30 bits per heavy atom. The summed E-state index contributed by atoms with van der Waals surface area (Å²) in [6.07, 6.45) is -0.462. The van der Waals surface area contributed by atoms with Crippen LogP contribution in [-0.4, -0.2) is 25.6 Å². The second kappa shape index (κ2) is 7.01. The molecule has 0 bridgehead atoms. The van der Waals surface area contributed by atoms with E-state index < -0.39 is 6.09 Å². The Balaban J connectivity index is 2.12. The molecular weight excluding hydrogens is 278 g/mol. The van der Waals surface area contributed by atoms with Crippen molar-refractivity contribution in [2.45, 2.75) is 6.61 Å². The van der Waals surface area contributed by atoms with Crippen molar-refractivity contribution < 1.29 is 14.3 Å². The van der Waals surface area contributed by atoms with Gasteiger partial charge in [-0.25, -0.2) is 4.79 Å². The van der Waals surface area contributed by atoms with Crippen LogP contribution in [0.5, 0.6) is 5.75 Å². The van der Waals surface area contributed by atoms with Gasteiger partial charge in [-0.3, -0.25) is 0 Å². The Hall–Kier alpha value is -1.94. The van der Waals surface area contributed by atoms with Crippen LogP contribution in [0.1, 0.15) is 5.56 Å². The predicted molar refractivity (Wildman–Crippen MR) is 79.4 cm³/mol. The highest BCUT2D eigenvalue weighted by atomic mass is 35.5. The summed E-state index contributed by atoms with van der Waals surface area (Å²) in [5.74, 6) is 1.17. The van der Waals surface area contributed by atoms with Crippen molar-refractivity contribution in [2.75, 3.05) is 19.5 Å². The topological polar surface area (TPSA) is 47.6 Å². The molecular formula is C15H16ClNO3. The third-order valence-electron chi connectivity index (χ3n) is 2.90. The minimum atomic E-state index is -0.462. The first kappa shape index (κ1) is 14.5. The maximum Gasteiger partial charge on any atom is 0.407 e. The summed E-state index contributed by atoms with van der Waals surface area (Å²) in [6, 6.07) is 11.7. The Kier molecular flexibility index (Phi) is 5.07. The average molecular weight is 294 g/mol. The number of carbonyl (C=O) groups excluding carboxylic acids is 1. The standard InChI is InChI=1S/C15H16ClNO3/c1-19-13-5-6-14-11(9-13)3-2-4-12(14)10-20-15(18)17-8-7-16/h2-6,9H,7-8,10H2,1H3,(H,17,18). The van der Waals surface area contributed by atoms with E-state index in [0.717, 1.165) is 22.1 Å². The van der Waals surface area contributed by atoms with Gasteiger partial charge >= 0.3 is 6.09 Å². The summed E-state index contributed by atoms with van der Waals surface area (Å²) >= 11 is 5.49. The number of rotatable bonds is 5. The molecule has 0 aromatic heterocycles. The largest absolute Gasteiger partial charge is 0.497 e. The van der Waals surface area contributed by atoms with Crippen molar-refractivity contribution in [2.24, 2.45) is 0 Å². The molecule has 0 unspecified atom stereocenters. The molecule has 0 aliphatic heterocycles. The Morgan fingerprint density at radius 2 is 2.15 bits per heavy atom. The molecule has 0 atom stereocenters. The lowest BCUT2D eigenvalue weighted by atomic mass is 10.0. The van der Waals surface area contributed by atoms with Crippen molar-refractivity contribution in [1.29, 1.82) is 0 Å². The Morgan fingerprint density at radius 3 is 2.90 bits per heavy atom. The van der Waals surface area contributed by atoms with Crippen LogP contribution in [0.4, 0.5) is 4.79 Å². The van der Waals surface area contributed by atoms with Gasteiger partial charge in [0.2, 0.25) is 0 Å². The third kappa shape index (κ3) is 3.54. The molecule has 0 aliphatic carbocycles. The summed E-state index contributed by atoms with van der Waals surface area (Å²) in [6.45, 7) is 0.616. The lowest BCUT2D eigenvalue weighted by molar-refractivity contribution is 0.140. The molecule has 0 fully saturated rings. The SMILES string of the molecule is COc1ccc2c(COC(=O)NCCCl)cccc2c1. The quantitative estimate of drug-likeness (QED) is 0.860. The molecule has 2 rings (SSSR count). The minimum absolute atomic E-state index is 0.220. The van der Waals surface area contributed by atoms with E-state index in [4.69, 9.17) is 21.1 Å². The van der Waals surface area contributed by atoms with Gasteiger partial charge in [-0.1, -0.05) is 24.3 Å². The Labute approximate surface area is 122 Å². The molecule has 0 radical (unpaired) electrons. The molecule has 0 saturated heterocycles. The minimum Gasteiger partial charge on any atom is -0.497 e. The van der Waals surface area contributed by atoms with Gasteiger partial charge in [-0.2, -0.15) is 0 Å². The van der Waals surface area contributed by atoms with Gasteiger partial charge in [0.25, 0.3) is 0 Å². The number of ether oxygens (including phenoxy) is 2. The lowest BCUT2D eigenvalue weighted by Gasteiger charge is -2.09. The molecule has 0 saturated carbocycles. The molecule has 0 aliphatic rings. The smallest absolute Gasteiger partial charge is 0.407 e. The molecule has 0 heterocycles. The average Bonchev–Trinajstić information content (AvgIpc) is 2.50. The zero-order valence-electron chi connectivity index (χ0n) is 11.2. The summed E-state index contributed by atoms with van der Waals surface area (Å²) in [5, 5.41) is 4.64. The normalized spacial score (nSPS) is 10.3. The van der Waals surface area contributed by atoms with Crippen molar-refractivity contribution in [1.82, 2.24) is 5.32 Å². The molecule has 106 valence electrons. The number of hydrogen-bond donors (Lipinski definition) is 1. The highest BCUT2D eigenvalue weighted by Gasteiger charge is 2.05. The van der Waals surface area contributed by atoms with E-state index in [1.54, 1.807) is 7.11 Å². The van der Waals surface area contributed by atoms with Gasteiger partial charge in [0.1, 0.15) is 12.4 Å². The van der Waals surface area contributed by atoms with Crippen molar-refractivity contribution in [3.05, 3.63) is 42.0 Å². The van der Waals surface area contributed by atoms with E-state index in [1.165, 1.54) is 0 Å². The molecule has 4 nitrogen and oxygen atoms in total. The summed E-state index contributed by atoms with van der Waals surface area (Å²) in [5.41, 5.74) is 0.950. The summed E-state index contributed by atoms with van der Waals surface area (Å²) in [7, 11) is 1.63. The molecule has 1 amide bonds. The maximum absolute atomic E-state index is 11.4. The fourth-order valence-electron chi connectivity index (χ4n) is 1.93. The van der Waals surface area contributed by atoms with Crippen molar-refractivity contribution >= 4 is 28.5 Å². The third-order valence-corrected chi connectivity index (χ3v) is 3.09. The van der Waals surface area contributed by atoms with E-state index in [9.17, 15) is 4.79 Å². The van der Waals surface area contributed by atoms with Crippen LogP contribution in [0.25, 0.3) is 10.8 Å². The highest BCUT2D eigenvalue weighted by molar-refractivity contribution is 6.18. The number of amides is 1. The number of benzene rings is 2. The number of carbonyl (C=O) groups is 1. The fourth-order valence-corrected chi connectivity index (χ4v) is 2.02. The number of alkyl halides is 1. The Bertz CT molecular complexity index is 601. The van der Waals surface area contributed by atoms with Crippen LogP contribution >= 0.6 is 11.6 Å². The van der Waals surface area contributed by atoms with E-state index >= 15 is 0 Å². The van der Waals surface area contributed by atoms with E-state index in [2.05, 4.69) is 5.32 Å². The van der Waals surface area contributed by atoms with Crippen LogP contribution < -0.4 is 10.1 Å². The van der Waals surface area contributed by atoms with Gasteiger partial charge < -0.3 is 14.8 Å². The summed E-state index contributed by atoms with van der Waals surface area (Å²) < 4.78 is 10.4. The highest BCUT2D eigenvalue weighted by Crippen LogP contribution is 2.24. The van der Waals surface area contributed by atoms with Crippen LogP contribution in [0.2, 0.25) is 0 Å². The molecule has 1 N–H and O–H groups in total. The van der Waals surface area contributed by atoms with Crippen LogP contribution in [-0.2, 0) is 11.3 Å². The molecule has 0 spiro atoms. The zero-order valence-corrected chi connectivity index (χ0v) is 11.9. The lowest BCUT2D eigenvalue weighted by Crippen LogP contribution is -2.25. The van der Waals surface area contributed by atoms with Crippen LogP contribution in [0.3, 0.4) is 0 Å². The number of methoxy groups -OCH3 is 1. The van der Waals surface area contributed by atoms with Gasteiger partial charge in [0.05, 0.1) is 7.11 Å². The summed E-state index contributed by atoms with van der Waals surface area (Å²) in [4.78, 5) is 11.4. The molecule has 2 aromatic carbocycles. The number of halogens is 1. The fraction of sp³-hybridized carbons (Fsp3) is 0.267. The van der Waals surface area contributed by atoms with Crippen LogP contribution in [0.15, 0.2) is 36.4 Å². The molecule has 2 aromatic rings. The van der Waals surface area contributed by atoms with Gasteiger partial charge in [0, 0.05) is 12.4 Å². The van der Waals surface area contributed by atoms with Gasteiger partial charge in [0.15, 0.2) is 0 Å². The number of fused-ring (bicyclic) bond motifs is 1. The first-order valence-electron chi connectivity index (χ1n) is 6.27. The van der Waals surface area contributed by atoms with E-state index in [0.29, 0.717) is 12.4 Å². The monoisotopic (exact) mass is 293 g/mol. The second-order valence-corrected chi connectivity index (χ2v) is 4.57. The van der Waals surface area contributed by atoms with Crippen molar-refractivity contribution in [3.63, 3.8) is 0 Å². The number of alkyl carbamates (subject to hydrolysis) is 1. The maximum atomic E-state index is 11.4. The van der Waals surface area contributed by atoms with Gasteiger partial charge in [-0.15, -0.1) is 11.6 Å². The zero-order chi connectivity index (χ0) is 14.4. The van der Waals surface area contributed by atoms with E-state index in [-0.39, 0.29) is 6.61 Å². The van der Waals surface area contributed by atoms with Gasteiger partial charge in [-0.05, 0) is 28.5 Å². The second-order valence-electron chi connectivity index (χ2n) is 4.20.